The molecule has 0 bridgehead atoms. The second-order valence-electron chi connectivity index (χ2n) is 4.22. The molecule has 1 aromatic rings. The minimum atomic E-state index is -3.48. The molecule has 0 saturated carbocycles. The molecule has 0 atom stereocenters. The number of hydrogen-bond acceptors (Lipinski definition) is 4. The Labute approximate surface area is 119 Å². The highest BCUT2D eigenvalue weighted by Gasteiger charge is 2.24. The fraction of sp³-hybridized carbons (Fsp3) is 0.385. The molecule has 7 heteroatoms. The van der Waals surface area contributed by atoms with Crippen LogP contribution in [0.25, 0.3) is 4.98 Å². The molecule has 0 aliphatic rings. The van der Waals surface area contributed by atoms with E-state index in [4.69, 9.17) is 10.5 Å². The monoisotopic (exact) mass is 296 g/mol. The highest BCUT2D eigenvalue weighted by molar-refractivity contribution is 7.92. The summed E-state index contributed by atoms with van der Waals surface area (Å²) in [6, 6.07) is 6.45. The molecular weight excluding hydrogens is 278 g/mol. The van der Waals surface area contributed by atoms with Crippen LogP contribution in [-0.2, 0) is 10.0 Å². The van der Waals surface area contributed by atoms with Crippen molar-refractivity contribution in [3.05, 3.63) is 41.4 Å². The number of benzene rings is 1. The van der Waals surface area contributed by atoms with Gasteiger partial charge in [0.15, 0.2) is 4.98 Å². The summed E-state index contributed by atoms with van der Waals surface area (Å²) in [7, 11) is -3.48. The molecule has 0 saturated heterocycles. The van der Waals surface area contributed by atoms with Gasteiger partial charge >= 0.3 is 5.69 Å². The molecule has 6 nitrogen and oxygen atoms in total. The van der Waals surface area contributed by atoms with Crippen LogP contribution in [0.5, 0.6) is 0 Å². The number of diazo groups is 1. The Morgan fingerprint density at radius 3 is 2.65 bits per heavy atom. The average molecular weight is 296 g/mol. The van der Waals surface area contributed by atoms with Crippen LogP contribution < -0.4 is 4.31 Å². The second-order valence-corrected chi connectivity index (χ2v) is 6.13. The van der Waals surface area contributed by atoms with E-state index >= 15 is 0 Å². The predicted molar refractivity (Wildman–Crippen MR) is 78.8 cm³/mol. The Morgan fingerprint density at radius 1 is 1.35 bits per heavy atom. The molecule has 0 radical (unpaired) electrons. The van der Waals surface area contributed by atoms with Crippen molar-refractivity contribution in [2.45, 2.75) is 12.8 Å². The summed E-state index contributed by atoms with van der Waals surface area (Å²) >= 11 is 0. The molecule has 20 heavy (non-hydrogen) atoms. The number of hydrogen-bond donors (Lipinski definition) is 1. The summed E-state index contributed by atoms with van der Waals surface area (Å²) in [5, 5.41) is 17.6. The standard InChI is InChI=1S/C13H18N3O3S/c1-20(18,19)16(10-6-2-3-7-11-17)13-9-5-4-8-12(13)15-14/h2,4-6,8-9,17H,3,7,10-11H2,1H3/q+1/b6-2+. The van der Waals surface area contributed by atoms with Gasteiger partial charge in [-0.05, 0) is 18.9 Å². The summed E-state index contributed by atoms with van der Waals surface area (Å²) in [5.41, 5.74) is 0.519. The average Bonchev–Trinajstić information content (AvgIpc) is 2.41. The first-order valence-electron chi connectivity index (χ1n) is 6.18. The summed E-state index contributed by atoms with van der Waals surface area (Å²) in [6.07, 6.45) is 5.94. The maximum Gasteiger partial charge on any atom is 0.409 e. The number of anilines is 1. The fourth-order valence-corrected chi connectivity index (χ4v) is 2.54. The Morgan fingerprint density at radius 2 is 2.05 bits per heavy atom. The van der Waals surface area contributed by atoms with Gasteiger partial charge in [-0.3, -0.25) is 4.31 Å². The smallest absolute Gasteiger partial charge is 0.396 e. The van der Waals surface area contributed by atoms with Crippen LogP contribution in [0.4, 0.5) is 11.4 Å². The Bertz CT molecular complexity index is 606. The summed E-state index contributed by atoms with van der Waals surface area (Å²) < 4.78 is 24.9. The SMILES string of the molecule is CS(=O)(=O)N(C/C=C/CCCO)c1ccccc1[N+]#N. The van der Waals surface area contributed by atoms with Crippen LogP contribution in [0.3, 0.4) is 0 Å². The van der Waals surface area contributed by atoms with Crippen molar-refractivity contribution in [2.24, 2.45) is 0 Å². The number of sulfonamides is 1. The van der Waals surface area contributed by atoms with Gasteiger partial charge in [0.05, 0.1) is 12.8 Å². The summed E-state index contributed by atoms with van der Waals surface area (Å²) in [4.78, 5) is 3.10. The topological polar surface area (TPSA) is 85.8 Å². The summed E-state index contributed by atoms with van der Waals surface area (Å²) in [5.74, 6) is 0. The van der Waals surface area contributed by atoms with Crippen molar-refractivity contribution in [2.75, 3.05) is 23.7 Å². The minimum absolute atomic E-state index is 0.104. The normalized spacial score (nSPS) is 11.4. The Kier molecular flexibility index (Phi) is 6.15. The maximum absolute atomic E-state index is 11.8. The van der Waals surface area contributed by atoms with Crippen molar-refractivity contribution in [1.29, 1.82) is 5.39 Å². The third-order valence-electron chi connectivity index (χ3n) is 2.63. The van der Waals surface area contributed by atoms with E-state index in [0.717, 1.165) is 10.6 Å². The third kappa shape index (κ3) is 4.64. The molecule has 0 heterocycles. The zero-order chi connectivity index (χ0) is 15.0. The van der Waals surface area contributed by atoms with Crippen molar-refractivity contribution < 1.29 is 13.5 Å². The number of rotatable bonds is 7. The van der Waals surface area contributed by atoms with Gasteiger partial charge in [0.25, 0.3) is 0 Å². The molecule has 0 amide bonds. The van der Waals surface area contributed by atoms with Crippen molar-refractivity contribution >= 4 is 21.4 Å². The molecule has 0 aromatic heterocycles. The molecule has 0 aliphatic heterocycles. The van der Waals surface area contributed by atoms with E-state index in [1.807, 2.05) is 6.08 Å². The van der Waals surface area contributed by atoms with Crippen molar-refractivity contribution in [3.63, 3.8) is 0 Å². The van der Waals surface area contributed by atoms with E-state index in [2.05, 4.69) is 4.98 Å². The van der Waals surface area contributed by atoms with Gasteiger partial charge in [0.2, 0.25) is 15.4 Å². The molecule has 1 rings (SSSR count). The van der Waals surface area contributed by atoms with Crippen molar-refractivity contribution in [1.82, 2.24) is 0 Å². The van der Waals surface area contributed by atoms with E-state index < -0.39 is 10.0 Å². The first-order valence-corrected chi connectivity index (χ1v) is 8.03. The maximum atomic E-state index is 11.8. The van der Waals surface area contributed by atoms with E-state index in [-0.39, 0.29) is 18.8 Å². The number of allylic oxidation sites excluding steroid dienone is 1. The molecule has 0 unspecified atom stereocenters. The van der Waals surface area contributed by atoms with Gasteiger partial charge in [-0.15, -0.1) is 0 Å². The lowest BCUT2D eigenvalue weighted by Gasteiger charge is -2.18. The quantitative estimate of drug-likeness (QED) is 0.475. The van der Waals surface area contributed by atoms with E-state index in [0.29, 0.717) is 18.5 Å². The summed E-state index contributed by atoms with van der Waals surface area (Å²) in [6.45, 7) is 0.253. The van der Waals surface area contributed by atoms with Gasteiger partial charge in [0.1, 0.15) is 5.69 Å². The van der Waals surface area contributed by atoms with E-state index in [1.165, 1.54) is 6.07 Å². The zero-order valence-corrected chi connectivity index (χ0v) is 12.1. The lowest BCUT2D eigenvalue weighted by molar-refractivity contribution is 0.289. The zero-order valence-electron chi connectivity index (χ0n) is 11.3. The number of unbranched alkanes of at least 4 members (excludes halogenated alkanes) is 1. The molecule has 1 aromatic carbocycles. The fourth-order valence-electron chi connectivity index (χ4n) is 1.67. The number of nitrogens with zero attached hydrogens (tertiary/aromatic N) is 3. The van der Waals surface area contributed by atoms with Crippen LogP contribution in [0.1, 0.15) is 12.8 Å². The van der Waals surface area contributed by atoms with Crippen molar-refractivity contribution in [3.8, 4) is 0 Å². The lowest BCUT2D eigenvalue weighted by Crippen LogP contribution is -2.30. The van der Waals surface area contributed by atoms with Gasteiger partial charge in [0, 0.05) is 12.7 Å². The first kappa shape index (κ1) is 16.1. The van der Waals surface area contributed by atoms with Crippen LogP contribution in [0.2, 0.25) is 0 Å². The van der Waals surface area contributed by atoms with Crippen LogP contribution >= 0.6 is 0 Å². The number of para-hydroxylation sites is 1. The number of aliphatic hydroxyl groups excluding tert-OH is 1. The van der Waals surface area contributed by atoms with Gasteiger partial charge in [-0.2, -0.15) is 0 Å². The molecule has 0 fully saturated rings. The largest absolute Gasteiger partial charge is 0.409 e. The lowest BCUT2D eigenvalue weighted by atomic mass is 10.2. The highest BCUT2D eigenvalue weighted by atomic mass is 32.2. The van der Waals surface area contributed by atoms with Gasteiger partial charge in [-0.1, -0.05) is 24.3 Å². The second kappa shape index (κ2) is 7.62. The molecule has 0 spiro atoms. The molecular formula is C13H18N3O3S+. The van der Waals surface area contributed by atoms with E-state index in [9.17, 15) is 8.42 Å². The first-order chi connectivity index (χ1) is 9.50. The molecule has 0 aliphatic carbocycles. The Balaban J connectivity index is 2.97. The van der Waals surface area contributed by atoms with Crippen LogP contribution in [-0.4, -0.2) is 32.9 Å². The molecule has 1 N–H and O–H groups in total. The van der Waals surface area contributed by atoms with Crippen LogP contribution in [0.15, 0.2) is 36.4 Å². The van der Waals surface area contributed by atoms with Gasteiger partial charge in [-0.25, -0.2) is 8.42 Å². The third-order valence-corrected chi connectivity index (χ3v) is 3.77. The Hall–Kier alpha value is -1.91. The number of aliphatic hydroxyl groups is 1. The van der Waals surface area contributed by atoms with Crippen LogP contribution in [0, 0.1) is 5.39 Å². The van der Waals surface area contributed by atoms with Gasteiger partial charge < -0.3 is 5.11 Å². The predicted octanol–water partition coefficient (Wildman–Crippen LogP) is 2.27. The highest BCUT2D eigenvalue weighted by Crippen LogP contribution is 2.29. The van der Waals surface area contributed by atoms with E-state index in [1.54, 1.807) is 24.3 Å². The molecule has 108 valence electrons. The minimum Gasteiger partial charge on any atom is -0.396 e.